The summed E-state index contributed by atoms with van der Waals surface area (Å²) in [6.07, 6.45) is -3.51. The first-order valence-corrected chi connectivity index (χ1v) is 6.24. The van der Waals surface area contributed by atoms with Crippen LogP contribution < -0.4 is 0 Å². The Morgan fingerprint density at radius 1 is 1.56 bits per heavy atom. The van der Waals surface area contributed by atoms with Crippen molar-refractivity contribution >= 4 is 51.8 Å². The number of rotatable bonds is 3. The number of hydrogen-bond donors (Lipinski definition) is 0. The standard InChI is InChI=1S/C2H3Cl4O2P/c3-1-2(4)8-9(5,6)7/h2H,1H2. The molecule has 0 N–H and O–H groups in total. The summed E-state index contributed by atoms with van der Waals surface area (Å²) in [5, 5.41) is 0. The van der Waals surface area contributed by atoms with Crippen molar-refractivity contribution in [3.63, 3.8) is 0 Å². The monoisotopic (exact) mass is 230 g/mol. The fourth-order valence-corrected chi connectivity index (χ4v) is 1.81. The maximum Gasteiger partial charge on any atom is 0.381 e. The Balaban J connectivity index is 3.60. The molecule has 0 saturated carbocycles. The first-order valence-electron chi connectivity index (χ1n) is 1.83. The summed E-state index contributed by atoms with van der Waals surface area (Å²) in [6.45, 7) is 0. The van der Waals surface area contributed by atoms with Gasteiger partial charge in [0.15, 0.2) is 5.56 Å². The summed E-state index contributed by atoms with van der Waals surface area (Å²) in [6, 6.07) is 0. The molecule has 0 bridgehead atoms. The lowest BCUT2D eigenvalue weighted by Crippen LogP contribution is -2.00. The Bertz CT molecular complexity index is 122. The van der Waals surface area contributed by atoms with Crippen LogP contribution in [0.4, 0.5) is 0 Å². The normalized spacial score (nSPS) is 15.6. The topological polar surface area (TPSA) is 26.3 Å². The lowest BCUT2D eigenvalue weighted by molar-refractivity contribution is 0.321. The van der Waals surface area contributed by atoms with Crippen molar-refractivity contribution in [1.82, 2.24) is 0 Å². The maximum absolute atomic E-state index is 10.3. The fourth-order valence-electron chi connectivity index (χ4n) is 0.161. The van der Waals surface area contributed by atoms with Crippen molar-refractivity contribution in [2.24, 2.45) is 0 Å². The van der Waals surface area contributed by atoms with E-state index in [9.17, 15) is 4.57 Å². The highest BCUT2D eigenvalue weighted by Crippen LogP contribution is 2.58. The van der Waals surface area contributed by atoms with Crippen molar-refractivity contribution in [2.45, 2.75) is 5.56 Å². The van der Waals surface area contributed by atoms with Crippen LogP contribution in [0, 0.1) is 0 Å². The summed E-state index contributed by atoms with van der Waals surface area (Å²) < 4.78 is 14.7. The zero-order chi connectivity index (χ0) is 7.49. The second kappa shape index (κ2) is 4.27. The molecule has 0 radical (unpaired) electrons. The molecule has 1 atom stereocenters. The van der Waals surface area contributed by atoms with E-state index >= 15 is 0 Å². The number of hydrogen-bond acceptors (Lipinski definition) is 2. The highest BCUT2D eigenvalue weighted by atomic mass is 35.9. The van der Waals surface area contributed by atoms with E-state index in [1.54, 1.807) is 0 Å². The quantitative estimate of drug-likeness (QED) is 0.550. The Kier molecular flexibility index (Phi) is 4.92. The van der Waals surface area contributed by atoms with Crippen molar-refractivity contribution in [3.05, 3.63) is 0 Å². The minimum atomic E-state index is -3.51. The zero-order valence-corrected chi connectivity index (χ0v) is 7.98. The molecule has 2 nitrogen and oxygen atoms in total. The average Bonchev–Trinajstić information content (AvgIpc) is 1.62. The second-order valence-corrected chi connectivity index (χ2v) is 6.11. The largest absolute Gasteiger partial charge is 0.381 e. The third-order valence-corrected chi connectivity index (χ3v) is 2.14. The second-order valence-electron chi connectivity index (χ2n) is 1.08. The van der Waals surface area contributed by atoms with Gasteiger partial charge in [0.1, 0.15) is 0 Å². The minimum absolute atomic E-state index is 0.00894. The smallest absolute Gasteiger partial charge is 0.285 e. The Morgan fingerprint density at radius 3 is 2.11 bits per heavy atom. The third kappa shape index (κ3) is 7.24. The molecule has 0 aliphatic heterocycles. The van der Waals surface area contributed by atoms with Gasteiger partial charge >= 0.3 is 6.07 Å². The van der Waals surface area contributed by atoms with E-state index in [2.05, 4.69) is 4.52 Å². The first kappa shape index (κ1) is 10.3. The predicted molar refractivity (Wildman–Crippen MR) is 40.8 cm³/mol. The molecular formula is C2H3Cl4O2P. The first-order chi connectivity index (χ1) is 3.95. The van der Waals surface area contributed by atoms with E-state index in [0.29, 0.717) is 0 Å². The van der Waals surface area contributed by atoms with Crippen LogP contribution in [0.1, 0.15) is 0 Å². The minimum Gasteiger partial charge on any atom is -0.285 e. The molecule has 7 heteroatoms. The lowest BCUT2D eigenvalue weighted by atomic mass is 10.9. The van der Waals surface area contributed by atoms with Crippen LogP contribution in [0.15, 0.2) is 0 Å². The van der Waals surface area contributed by atoms with Crippen LogP contribution >= 0.6 is 51.8 Å². The Hall–Kier alpha value is 1.35. The van der Waals surface area contributed by atoms with Gasteiger partial charge in [0.2, 0.25) is 0 Å². The molecule has 0 amide bonds. The summed E-state index contributed by atoms with van der Waals surface area (Å²) in [5.74, 6) is -0.00894. The molecule has 0 saturated heterocycles. The van der Waals surface area contributed by atoms with Crippen molar-refractivity contribution in [1.29, 1.82) is 0 Å². The van der Waals surface area contributed by atoms with E-state index < -0.39 is 11.6 Å². The lowest BCUT2D eigenvalue weighted by Gasteiger charge is -2.06. The molecule has 1 unspecified atom stereocenters. The number of alkyl halides is 2. The van der Waals surface area contributed by atoms with Gasteiger partial charge in [-0.2, -0.15) is 0 Å². The van der Waals surface area contributed by atoms with Gasteiger partial charge in [-0.05, 0) is 22.5 Å². The SMILES string of the molecule is O=P(Cl)(Cl)OC(Cl)CCl. The highest BCUT2D eigenvalue weighted by molar-refractivity contribution is 8.05. The molecule has 0 aromatic carbocycles. The molecule has 0 aromatic heterocycles. The summed E-state index contributed by atoms with van der Waals surface area (Å²) in [5.41, 5.74) is -0.896. The highest BCUT2D eigenvalue weighted by Gasteiger charge is 2.19. The van der Waals surface area contributed by atoms with Gasteiger partial charge in [-0.3, -0.25) is 9.09 Å². The molecule has 0 fully saturated rings. The predicted octanol–water partition coefficient (Wildman–Crippen LogP) is 3.39. The van der Waals surface area contributed by atoms with Gasteiger partial charge in [-0.15, -0.1) is 11.6 Å². The van der Waals surface area contributed by atoms with Gasteiger partial charge in [0.05, 0.1) is 5.88 Å². The van der Waals surface area contributed by atoms with Gasteiger partial charge in [-0.1, -0.05) is 11.6 Å². The number of halogens is 4. The van der Waals surface area contributed by atoms with E-state index in [0.717, 1.165) is 0 Å². The molecular weight excluding hydrogens is 229 g/mol. The fraction of sp³-hybridized carbons (Fsp3) is 1.00. The summed E-state index contributed by atoms with van der Waals surface area (Å²) in [7, 11) is 0. The van der Waals surface area contributed by atoms with E-state index in [1.807, 2.05) is 0 Å². The zero-order valence-electron chi connectivity index (χ0n) is 4.06. The van der Waals surface area contributed by atoms with Crippen molar-refractivity contribution < 1.29 is 9.09 Å². The molecule has 0 heterocycles. The van der Waals surface area contributed by atoms with Crippen LogP contribution in [0.3, 0.4) is 0 Å². The molecule has 9 heavy (non-hydrogen) atoms. The molecule has 0 aromatic rings. The van der Waals surface area contributed by atoms with Crippen LogP contribution in [-0.4, -0.2) is 11.4 Å². The molecule has 0 aliphatic rings. The van der Waals surface area contributed by atoms with E-state index in [1.165, 1.54) is 0 Å². The van der Waals surface area contributed by atoms with Crippen molar-refractivity contribution in [3.8, 4) is 0 Å². The van der Waals surface area contributed by atoms with Crippen molar-refractivity contribution in [2.75, 3.05) is 5.88 Å². The molecule has 0 aliphatic carbocycles. The van der Waals surface area contributed by atoms with Gasteiger partial charge in [0, 0.05) is 0 Å². The van der Waals surface area contributed by atoms with Gasteiger partial charge < -0.3 is 0 Å². The maximum atomic E-state index is 10.3. The van der Waals surface area contributed by atoms with E-state index in [-0.39, 0.29) is 5.88 Å². The van der Waals surface area contributed by atoms with Crippen LogP contribution in [0.5, 0.6) is 0 Å². The Morgan fingerprint density at radius 2 is 2.00 bits per heavy atom. The molecule has 0 rings (SSSR count). The summed E-state index contributed by atoms with van der Waals surface area (Å²) in [4.78, 5) is 0. The van der Waals surface area contributed by atoms with Crippen LogP contribution in [0.25, 0.3) is 0 Å². The molecule has 0 spiro atoms. The van der Waals surface area contributed by atoms with Gasteiger partial charge in [0.25, 0.3) is 0 Å². The molecule has 56 valence electrons. The van der Waals surface area contributed by atoms with E-state index in [4.69, 9.17) is 45.7 Å². The van der Waals surface area contributed by atoms with Crippen LogP contribution in [0.2, 0.25) is 0 Å². The van der Waals surface area contributed by atoms with Gasteiger partial charge in [-0.25, -0.2) is 0 Å². The average molecular weight is 232 g/mol. The third-order valence-electron chi connectivity index (χ3n) is 0.358. The van der Waals surface area contributed by atoms with Crippen LogP contribution in [-0.2, 0) is 9.09 Å². The Labute approximate surface area is 72.4 Å². The summed E-state index contributed by atoms with van der Waals surface area (Å²) >= 11 is 20.3.